The Kier molecular flexibility index (Phi) is 6.11. The molecule has 1 aromatic carbocycles. The summed E-state index contributed by atoms with van der Waals surface area (Å²) in [6.07, 6.45) is 4.16. The Morgan fingerprint density at radius 3 is 2.76 bits per heavy atom. The molecule has 1 amide bonds. The van der Waals surface area contributed by atoms with Crippen LogP contribution in [0.3, 0.4) is 0 Å². The van der Waals surface area contributed by atoms with Gasteiger partial charge in [-0.15, -0.1) is 0 Å². The summed E-state index contributed by atoms with van der Waals surface area (Å²) >= 11 is 7.59. The molecule has 0 aliphatic rings. The minimum absolute atomic E-state index is 0.218. The Balaban J connectivity index is 1.76. The Labute approximate surface area is 178 Å². The summed E-state index contributed by atoms with van der Waals surface area (Å²) in [6.45, 7) is 6.69. The van der Waals surface area contributed by atoms with Crippen LogP contribution in [-0.4, -0.2) is 35.3 Å². The van der Waals surface area contributed by atoms with E-state index in [9.17, 15) is 13.2 Å². The number of nitrogens with zero attached hydrogens (tertiary/aromatic N) is 3. The van der Waals surface area contributed by atoms with E-state index in [1.807, 2.05) is 6.92 Å². The van der Waals surface area contributed by atoms with E-state index in [2.05, 4.69) is 29.2 Å². The van der Waals surface area contributed by atoms with Crippen molar-refractivity contribution < 1.29 is 13.2 Å². The zero-order chi connectivity index (χ0) is 21.3. The minimum Gasteiger partial charge on any atom is -0.298 e. The Morgan fingerprint density at radius 1 is 1.38 bits per heavy atom. The van der Waals surface area contributed by atoms with Gasteiger partial charge in [-0.25, -0.2) is 13.4 Å². The third kappa shape index (κ3) is 5.04. The van der Waals surface area contributed by atoms with Gasteiger partial charge in [-0.3, -0.25) is 14.8 Å². The monoisotopic (exact) mass is 452 g/mol. The van der Waals surface area contributed by atoms with Gasteiger partial charge in [0.05, 0.1) is 20.8 Å². The topological polar surface area (TPSA) is 93.9 Å². The van der Waals surface area contributed by atoms with Crippen molar-refractivity contribution in [2.24, 2.45) is 5.92 Å². The first-order valence-electron chi connectivity index (χ1n) is 8.87. The maximum Gasteiger partial charge on any atom is 0.250 e. The normalized spacial score (nSPS) is 12.3. The van der Waals surface area contributed by atoms with Gasteiger partial charge in [-0.2, -0.15) is 5.10 Å². The fourth-order valence-corrected chi connectivity index (χ4v) is 4.65. The number of amides is 1. The van der Waals surface area contributed by atoms with Gasteiger partial charge < -0.3 is 0 Å². The van der Waals surface area contributed by atoms with Crippen molar-refractivity contribution in [2.45, 2.75) is 32.2 Å². The molecule has 0 aliphatic heterocycles. The van der Waals surface area contributed by atoms with E-state index in [4.69, 9.17) is 11.6 Å². The third-order valence-electron chi connectivity index (χ3n) is 4.07. The van der Waals surface area contributed by atoms with E-state index in [0.29, 0.717) is 38.5 Å². The molecule has 0 saturated carbocycles. The predicted octanol–water partition coefficient (Wildman–Crippen LogP) is 4.17. The zero-order valence-electron chi connectivity index (χ0n) is 16.4. The first-order chi connectivity index (χ1) is 13.5. The van der Waals surface area contributed by atoms with Gasteiger partial charge in [0.2, 0.25) is 5.91 Å². The van der Waals surface area contributed by atoms with Crippen molar-refractivity contribution in [1.29, 1.82) is 0 Å². The van der Waals surface area contributed by atoms with Crippen LogP contribution in [0, 0.1) is 12.8 Å². The fourth-order valence-electron chi connectivity index (χ4n) is 2.72. The third-order valence-corrected chi connectivity index (χ3v) is 6.51. The number of aryl methyl sites for hydroxylation is 1. The Hall–Kier alpha value is -2.23. The molecule has 154 valence electrons. The summed E-state index contributed by atoms with van der Waals surface area (Å²) in [5.41, 5.74) is 2.06. The molecule has 0 bridgehead atoms. The lowest BCUT2D eigenvalue weighted by Crippen LogP contribution is -2.07. The van der Waals surface area contributed by atoms with Crippen LogP contribution in [0.5, 0.6) is 0 Å². The number of aromatic nitrogens is 3. The van der Waals surface area contributed by atoms with Crippen molar-refractivity contribution in [3.63, 3.8) is 0 Å². The van der Waals surface area contributed by atoms with E-state index >= 15 is 0 Å². The second kappa shape index (κ2) is 8.25. The molecule has 29 heavy (non-hydrogen) atoms. The number of benzene rings is 1. The molecular formula is C19H21ClN4O3S2. The lowest BCUT2D eigenvalue weighted by atomic mass is 10.2. The first-order valence-corrected chi connectivity index (χ1v) is 12.0. The Bertz CT molecular complexity index is 1210. The molecule has 0 fully saturated rings. The molecule has 1 N–H and O–H groups in total. The molecule has 0 unspecified atom stereocenters. The smallest absolute Gasteiger partial charge is 0.250 e. The second-order valence-corrected chi connectivity index (χ2v) is 10.5. The maximum absolute atomic E-state index is 12.3. The number of fused-ring (bicyclic) bond motifs is 1. The quantitative estimate of drug-likeness (QED) is 0.566. The molecule has 0 aliphatic carbocycles. The van der Waals surface area contributed by atoms with Crippen molar-refractivity contribution in [3.8, 4) is 0 Å². The number of hydrogen-bond acceptors (Lipinski definition) is 6. The van der Waals surface area contributed by atoms with Crippen LogP contribution in [0.25, 0.3) is 16.3 Å². The van der Waals surface area contributed by atoms with E-state index in [-0.39, 0.29) is 10.8 Å². The molecule has 10 heteroatoms. The maximum atomic E-state index is 12.3. The van der Waals surface area contributed by atoms with Gasteiger partial charge in [0, 0.05) is 24.4 Å². The summed E-state index contributed by atoms with van der Waals surface area (Å²) in [5, 5.41) is 7.99. The highest BCUT2D eigenvalue weighted by molar-refractivity contribution is 7.90. The minimum atomic E-state index is -3.30. The van der Waals surface area contributed by atoms with Crippen molar-refractivity contribution in [1.82, 2.24) is 14.8 Å². The van der Waals surface area contributed by atoms with Crippen molar-refractivity contribution in [2.75, 3.05) is 11.6 Å². The van der Waals surface area contributed by atoms with Crippen LogP contribution >= 0.6 is 22.9 Å². The Morgan fingerprint density at radius 2 is 2.10 bits per heavy atom. The number of halogens is 1. The van der Waals surface area contributed by atoms with Crippen LogP contribution in [-0.2, 0) is 21.2 Å². The molecule has 2 heterocycles. The van der Waals surface area contributed by atoms with E-state index in [0.717, 1.165) is 11.9 Å². The lowest BCUT2D eigenvalue weighted by Gasteiger charge is -2.05. The van der Waals surface area contributed by atoms with Crippen LogP contribution < -0.4 is 5.32 Å². The van der Waals surface area contributed by atoms with Gasteiger partial charge in [0.25, 0.3) is 0 Å². The number of anilines is 1. The average molecular weight is 453 g/mol. The van der Waals surface area contributed by atoms with Crippen molar-refractivity contribution in [3.05, 3.63) is 40.7 Å². The van der Waals surface area contributed by atoms with Gasteiger partial charge in [-0.1, -0.05) is 36.8 Å². The van der Waals surface area contributed by atoms with Gasteiger partial charge >= 0.3 is 0 Å². The van der Waals surface area contributed by atoms with E-state index in [1.54, 1.807) is 22.9 Å². The van der Waals surface area contributed by atoms with Gasteiger partial charge in [0.15, 0.2) is 15.0 Å². The van der Waals surface area contributed by atoms with Crippen LogP contribution in [0.4, 0.5) is 5.13 Å². The van der Waals surface area contributed by atoms with E-state index < -0.39 is 9.84 Å². The van der Waals surface area contributed by atoms with Gasteiger partial charge in [0.1, 0.15) is 5.15 Å². The fraction of sp³-hybridized carbons (Fsp3) is 0.316. The second-order valence-electron chi connectivity index (χ2n) is 7.11. The zero-order valence-corrected chi connectivity index (χ0v) is 18.8. The first kappa shape index (κ1) is 21.5. The summed E-state index contributed by atoms with van der Waals surface area (Å²) in [5.74, 6) is 0.0358. The number of carbonyl (C=O) groups excluding carboxylic acids is 1. The lowest BCUT2D eigenvalue weighted by molar-refractivity contribution is -0.111. The summed E-state index contributed by atoms with van der Waals surface area (Å²) in [4.78, 5) is 16.8. The summed E-state index contributed by atoms with van der Waals surface area (Å²) in [6, 6.07) is 4.68. The molecule has 0 radical (unpaired) electrons. The van der Waals surface area contributed by atoms with Gasteiger partial charge in [-0.05, 0) is 37.1 Å². The number of hydrogen-bond donors (Lipinski definition) is 1. The highest BCUT2D eigenvalue weighted by Crippen LogP contribution is 2.28. The molecule has 0 atom stereocenters. The highest BCUT2D eigenvalue weighted by Gasteiger charge is 2.14. The number of rotatable bonds is 6. The molecule has 0 spiro atoms. The molecular weight excluding hydrogens is 432 g/mol. The van der Waals surface area contributed by atoms with Crippen LogP contribution in [0.2, 0.25) is 5.15 Å². The summed E-state index contributed by atoms with van der Waals surface area (Å²) < 4.78 is 25.8. The molecule has 0 saturated heterocycles. The summed E-state index contributed by atoms with van der Waals surface area (Å²) in [7, 11) is -3.30. The van der Waals surface area contributed by atoms with Crippen LogP contribution in [0.1, 0.15) is 25.1 Å². The highest BCUT2D eigenvalue weighted by atomic mass is 35.5. The number of carbonyl (C=O) groups is 1. The van der Waals surface area contributed by atoms with Crippen molar-refractivity contribution >= 4 is 60.1 Å². The predicted molar refractivity (Wildman–Crippen MR) is 117 cm³/mol. The molecule has 7 nitrogen and oxygen atoms in total. The van der Waals surface area contributed by atoms with Crippen LogP contribution in [0.15, 0.2) is 29.2 Å². The molecule has 3 rings (SSSR count). The SMILES string of the molecule is Cc1nn(CC(C)C)c(Cl)c1/C=C/C(=O)Nc1nc2ccc(S(C)(=O)=O)cc2s1. The average Bonchev–Trinajstić information content (AvgIpc) is 3.11. The largest absolute Gasteiger partial charge is 0.298 e. The number of nitrogens with one attached hydrogen (secondary N) is 1. The molecule has 3 aromatic rings. The standard InChI is InChI=1S/C19H21ClN4O3S2/c1-11(2)10-24-18(20)14(12(3)23-24)6-8-17(25)22-19-21-15-7-5-13(29(4,26)27)9-16(15)28-19/h5-9,11H,10H2,1-4H3,(H,21,22,25)/b8-6+. The number of sulfone groups is 1. The van der Waals surface area contributed by atoms with E-state index in [1.165, 1.54) is 23.5 Å². The number of thiazole rings is 1. The molecule has 2 aromatic heterocycles.